The molecule has 1 atom stereocenters. The van der Waals surface area contributed by atoms with E-state index in [0.717, 1.165) is 27.1 Å². The summed E-state index contributed by atoms with van der Waals surface area (Å²) in [6.07, 6.45) is 0.504. The summed E-state index contributed by atoms with van der Waals surface area (Å²) >= 11 is 3.41. The van der Waals surface area contributed by atoms with Gasteiger partial charge in [-0.25, -0.2) is 4.68 Å². The Morgan fingerprint density at radius 1 is 1.35 bits per heavy atom. The predicted molar refractivity (Wildman–Crippen MR) is 81.2 cm³/mol. The Labute approximate surface area is 126 Å². The molecule has 0 aliphatic heterocycles. The summed E-state index contributed by atoms with van der Waals surface area (Å²) in [5.74, 6) is -1.19. The lowest BCUT2D eigenvalue weighted by Crippen LogP contribution is -2.13. The van der Waals surface area contributed by atoms with Crippen molar-refractivity contribution in [2.24, 2.45) is 5.92 Å². The van der Waals surface area contributed by atoms with Crippen LogP contribution in [0.4, 0.5) is 0 Å². The molecule has 5 heteroatoms. The maximum atomic E-state index is 11.0. The molecule has 1 heterocycles. The standard InChI is InChI=1S/C15H17BrN2O2/c1-9(15(19)20)8-14-10(2)17-18(11(14)3)13-6-4-12(16)5-7-13/h4-7,9H,8H2,1-3H3,(H,19,20). The normalized spacial score (nSPS) is 12.4. The monoisotopic (exact) mass is 336 g/mol. The van der Waals surface area contributed by atoms with Gasteiger partial charge in [0.15, 0.2) is 0 Å². The van der Waals surface area contributed by atoms with Crippen LogP contribution in [0.3, 0.4) is 0 Å². The van der Waals surface area contributed by atoms with Crippen molar-refractivity contribution in [2.75, 3.05) is 0 Å². The van der Waals surface area contributed by atoms with Crippen LogP contribution in [-0.4, -0.2) is 20.9 Å². The predicted octanol–water partition coefficient (Wildman–Crippen LogP) is 3.51. The number of carbonyl (C=O) groups is 1. The van der Waals surface area contributed by atoms with Crippen LogP contribution in [0.15, 0.2) is 28.7 Å². The van der Waals surface area contributed by atoms with E-state index >= 15 is 0 Å². The van der Waals surface area contributed by atoms with Crippen molar-refractivity contribution in [2.45, 2.75) is 27.2 Å². The molecule has 0 aliphatic rings. The van der Waals surface area contributed by atoms with Gasteiger partial charge in [-0.3, -0.25) is 4.79 Å². The highest BCUT2D eigenvalue weighted by molar-refractivity contribution is 9.10. The number of hydrogen-bond acceptors (Lipinski definition) is 2. The van der Waals surface area contributed by atoms with Gasteiger partial charge in [-0.1, -0.05) is 22.9 Å². The molecule has 2 aromatic rings. The van der Waals surface area contributed by atoms with E-state index in [1.807, 2.05) is 42.8 Å². The van der Waals surface area contributed by atoms with Gasteiger partial charge >= 0.3 is 5.97 Å². The van der Waals surface area contributed by atoms with Crippen LogP contribution in [0.1, 0.15) is 23.9 Å². The molecule has 0 bridgehead atoms. The van der Waals surface area contributed by atoms with E-state index in [0.29, 0.717) is 6.42 Å². The molecule has 2 rings (SSSR count). The van der Waals surface area contributed by atoms with Crippen molar-refractivity contribution in [1.82, 2.24) is 9.78 Å². The Kier molecular flexibility index (Phi) is 4.28. The van der Waals surface area contributed by atoms with E-state index in [4.69, 9.17) is 5.11 Å². The lowest BCUT2D eigenvalue weighted by molar-refractivity contribution is -0.141. The zero-order chi connectivity index (χ0) is 14.9. The van der Waals surface area contributed by atoms with Crippen molar-refractivity contribution in [3.63, 3.8) is 0 Å². The number of rotatable bonds is 4. The number of aliphatic carboxylic acids is 1. The zero-order valence-corrected chi connectivity index (χ0v) is 13.3. The number of nitrogens with zero attached hydrogens (tertiary/aromatic N) is 2. The first-order valence-corrected chi connectivity index (χ1v) is 7.23. The SMILES string of the molecule is Cc1nn(-c2ccc(Br)cc2)c(C)c1CC(C)C(=O)O. The third kappa shape index (κ3) is 2.93. The van der Waals surface area contributed by atoms with Crippen molar-refractivity contribution in [3.8, 4) is 5.69 Å². The second-order valence-electron chi connectivity index (χ2n) is 4.98. The smallest absolute Gasteiger partial charge is 0.306 e. The van der Waals surface area contributed by atoms with E-state index in [2.05, 4.69) is 21.0 Å². The summed E-state index contributed by atoms with van der Waals surface area (Å²) in [5.41, 5.74) is 3.88. The molecule has 20 heavy (non-hydrogen) atoms. The summed E-state index contributed by atoms with van der Waals surface area (Å²) in [5, 5.41) is 13.6. The molecule has 106 valence electrons. The first-order valence-electron chi connectivity index (χ1n) is 6.44. The Hall–Kier alpha value is -1.62. The van der Waals surface area contributed by atoms with Crippen LogP contribution >= 0.6 is 15.9 Å². The first-order chi connectivity index (χ1) is 9.40. The molecule has 0 spiro atoms. The first kappa shape index (κ1) is 14.8. The number of hydrogen-bond donors (Lipinski definition) is 1. The summed E-state index contributed by atoms with van der Waals surface area (Å²) < 4.78 is 2.88. The highest BCUT2D eigenvalue weighted by Crippen LogP contribution is 2.22. The van der Waals surface area contributed by atoms with Crippen LogP contribution in [-0.2, 0) is 11.2 Å². The van der Waals surface area contributed by atoms with E-state index in [1.54, 1.807) is 6.92 Å². The average molecular weight is 337 g/mol. The molecule has 4 nitrogen and oxygen atoms in total. The van der Waals surface area contributed by atoms with E-state index in [-0.39, 0.29) is 0 Å². The maximum Gasteiger partial charge on any atom is 0.306 e. The van der Waals surface area contributed by atoms with Gasteiger partial charge in [0, 0.05) is 10.2 Å². The lowest BCUT2D eigenvalue weighted by atomic mass is 10.00. The van der Waals surface area contributed by atoms with Crippen LogP contribution < -0.4 is 0 Å². The van der Waals surface area contributed by atoms with Gasteiger partial charge < -0.3 is 5.11 Å². The van der Waals surface area contributed by atoms with Crippen LogP contribution in [0.5, 0.6) is 0 Å². The number of benzene rings is 1. The van der Waals surface area contributed by atoms with Crippen molar-refractivity contribution >= 4 is 21.9 Å². The molecule has 1 unspecified atom stereocenters. The summed E-state index contributed by atoms with van der Waals surface area (Å²) in [6.45, 7) is 5.62. The van der Waals surface area contributed by atoms with Crippen LogP contribution in [0, 0.1) is 19.8 Å². The largest absolute Gasteiger partial charge is 0.481 e. The third-order valence-corrected chi connectivity index (χ3v) is 3.97. The van der Waals surface area contributed by atoms with E-state index < -0.39 is 11.9 Å². The minimum absolute atomic E-state index is 0.407. The molecule has 1 aromatic carbocycles. The molecular formula is C15H17BrN2O2. The van der Waals surface area contributed by atoms with E-state index in [9.17, 15) is 4.79 Å². The Bertz CT molecular complexity index is 632. The van der Waals surface area contributed by atoms with Gasteiger partial charge in [-0.15, -0.1) is 0 Å². The second kappa shape index (κ2) is 5.79. The van der Waals surface area contributed by atoms with Crippen molar-refractivity contribution in [3.05, 3.63) is 45.7 Å². The Morgan fingerprint density at radius 3 is 2.50 bits per heavy atom. The number of aryl methyl sites for hydroxylation is 1. The Balaban J connectivity index is 2.38. The molecule has 1 aromatic heterocycles. The van der Waals surface area contributed by atoms with Gasteiger partial charge in [-0.2, -0.15) is 5.10 Å². The summed E-state index contributed by atoms with van der Waals surface area (Å²) in [6, 6.07) is 7.89. The minimum Gasteiger partial charge on any atom is -0.481 e. The zero-order valence-electron chi connectivity index (χ0n) is 11.7. The molecule has 0 fully saturated rings. The highest BCUT2D eigenvalue weighted by Gasteiger charge is 2.18. The quantitative estimate of drug-likeness (QED) is 0.929. The molecule has 0 saturated heterocycles. The number of aromatic nitrogens is 2. The fourth-order valence-corrected chi connectivity index (χ4v) is 2.46. The average Bonchev–Trinajstić information content (AvgIpc) is 2.67. The Morgan fingerprint density at radius 2 is 1.95 bits per heavy atom. The molecule has 0 saturated carbocycles. The summed E-state index contributed by atoms with van der Waals surface area (Å²) in [7, 11) is 0. The molecule has 0 amide bonds. The minimum atomic E-state index is -0.778. The van der Waals surface area contributed by atoms with Gasteiger partial charge in [0.25, 0.3) is 0 Å². The molecular weight excluding hydrogens is 320 g/mol. The van der Waals surface area contributed by atoms with Gasteiger partial charge in [0.05, 0.1) is 17.3 Å². The molecule has 1 N–H and O–H groups in total. The number of halogens is 1. The van der Waals surface area contributed by atoms with Crippen LogP contribution in [0.2, 0.25) is 0 Å². The summed E-state index contributed by atoms with van der Waals surface area (Å²) in [4.78, 5) is 11.0. The fourth-order valence-electron chi connectivity index (χ4n) is 2.20. The third-order valence-electron chi connectivity index (χ3n) is 3.44. The van der Waals surface area contributed by atoms with Gasteiger partial charge in [0.2, 0.25) is 0 Å². The van der Waals surface area contributed by atoms with Gasteiger partial charge in [0.1, 0.15) is 0 Å². The van der Waals surface area contributed by atoms with Gasteiger partial charge in [-0.05, 0) is 50.1 Å². The fraction of sp³-hybridized carbons (Fsp3) is 0.333. The van der Waals surface area contributed by atoms with E-state index in [1.165, 1.54) is 0 Å². The second-order valence-corrected chi connectivity index (χ2v) is 5.90. The highest BCUT2D eigenvalue weighted by atomic mass is 79.9. The number of carboxylic acid groups (broad SMARTS) is 1. The van der Waals surface area contributed by atoms with Crippen molar-refractivity contribution in [1.29, 1.82) is 0 Å². The maximum absolute atomic E-state index is 11.0. The molecule has 0 aliphatic carbocycles. The van der Waals surface area contributed by atoms with Crippen LogP contribution in [0.25, 0.3) is 5.69 Å². The molecule has 0 radical (unpaired) electrons. The van der Waals surface area contributed by atoms with Crippen molar-refractivity contribution < 1.29 is 9.90 Å². The topological polar surface area (TPSA) is 55.1 Å². The number of carboxylic acids is 1. The lowest BCUT2D eigenvalue weighted by Gasteiger charge is -2.08.